The Hall–Kier alpha value is -2.44. The van der Waals surface area contributed by atoms with E-state index in [-0.39, 0.29) is 102 Å². The SMILES string of the molecule is N=C(CCOCC(COCCC(=N)NO)(COCCC(=N)ON)COCCC(=N)ON)NO. The summed E-state index contributed by atoms with van der Waals surface area (Å²) in [6, 6.07) is 0. The van der Waals surface area contributed by atoms with Crippen LogP contribution in [-0.4, -0.2) is 86.7 Å². The standard InChI is InChI=1S/C17H36N8O8/c18-13(24-26)1-5-28-9-17(10-29-6-2-14(19)25-27,11-30-7-3-15(20)32-22)12-31-8-4-16(21)33-23/h20-21,26-27H,1-12,22-23H2,(H2,18,24)(H2,19,25). The van der Waals surface area contributed by atoms with Crippen molar-refractivity contribution in [3.63, 3.8) is 0 Å². The van der Waals surface area contributed by atoms with Crippen LogP contribution >= 0.6 is 0 Å². The maximum Gasteiger partial charge on any atom is 0.208 e. The van der Waals surface area contributed by atoms with Crippen LogP contribution in [0.25, 0.3) is 0 Å². The van der Waals surface area contributed by atoms with Crippen molar-refractivity contribution in [2.24, 2.45) is 17.2 Å². The van der Waals surface area contributed by atoms with Gasteiger partial charge in [0.2, 0.25) is 11.8 Å². The molecule has 0 heterocycles. The van der Waals surface area contributed by atoms with Crippen LogP contribution < -0.4 is 22.8 Å². The van der Waals surface area contributed by atoms with Gasteiger partial charge in [0.1, 0.15) is 11.7 Å². The van der Waals surface area contributed by atoms with Gasteiger partial charge in [-0.25, -0.2) is 0 Å². The van der Waals surface area contributed by atoms with Crippen molar-refractivity contribution in [2.45, 2.75) is 25.7 Å². The summed E-state index contributed by atoms with van der Waals surface area (Å²) in [4.78, 5) is 8.63. The molecule has 0 aromatic rings. The molecular weight excluding hydrogens is 444 g/mol. The van der Waals surface area contributed by atoms with E-state index in [2.05, 4.69) is 9.68 Å². The number of hydroxylamine groups is 2. The Morgan fingerprint density at radius 3 is 1.18 bits per heavy atom. The fraction of sp³-hybridized carbons (Fsp3) is 0.765. The number of hydrogen-bond donors (Lipinski definition) is 10. The lowest BCUT2D eigenvalue weighted by atomic mass is 9.92. The highest BCUT2D eigenvalue weighted by Gasteiger charge is 2.32. The molecule has 0 atom stereocenters. The maximum atomic E-state index is 8.72. The van der Waals surface area contributed by atoms with Gasteiger partial charge in [-0.15, -0.1) is 0 Å². The molecule has 0 aromatic carbocycles. The van der Waals surface area contributed by atoms with Gasteiger partial charge in [-0.3, -0.25) is 43.0 Å². The predicted molar refractivity (Wildman–Crippen MR) is 115 cm³/mol. The van der Waals surface area contributed by atoms with Crippen molar-refractivity contribution in [2.75, 3.05) is 52.9 Å². The number of amidine groups is 2. The summed E-state index contributed by atoms with van der Waals surface area (Å²) < 4.78 is 22.7. The van der Waals surface area contributed by atoms with Crippen molar-refractivity contribution >= 4 is 23.5 Å². The third kappa shape index (κ3) is 15.9. The second kappa shape index (κ2) is 19.1. The Labute approximate surface area is 191 Å². The molecule has 0 fully saturated rings. The van der Waals surface area contributed by atoms with Crippen LogP contribution in [0.5, 0.6) is 0 Å². The largest absolute Gasteiger partial charge is 0.396 e. The molecule has 0 unspecified atom stereocenters. The van der Waals surface area contributed by atoms with Gasteiger partial charge in [0.25, 0.3) is 0 Å². The first kappa shape index (κ1) is 30.6. The molecule has 0 saturated heterocycles. The zero-order valence-corrected chi connectivity index (χ0v) is 18.5. The van der Waals surface area contributed by atoms with Gasteiger partial charge in [-0.2, -0.15) is 11.8 Å². The maximum absolute atomic E-state index is 8.72. The van der Waals surface area contributed by atoms with Gasteiger partial charge in [0.05, 0.1) is 58.3 Å². The normalized spacial score (nSPS) is 12.5. The van der Waals surface area contributed by atoms with E-state index in [4.69, 9.17) is 62.8 Å². The molecule has 0 aliphatic rings. The second-order valence-electron chi connectivity index (χ2n) is 6.97. The molecule has 12 N–H and O–H groups in total. The molecule has 0 saturated carbocycles. The topological polar surface area (TPSA) is 267 Å². The average Bonchev–Trinajstić information content (AvgIpc) is 2.83. The second-order valence-corrected chi connectivity index (χ2v) is 6.97. The molecule has 0 radical (unpaired) electrons. The van der Waals surface area contributed by atoms with Crippen molar-refractivity contribution in [1.82, 2.24) is 11.0 Å². The van der Waals surface area contributed by atoms with Crippen LogP contribution in [0.15, 0.2) is 0 Å². The minimum Gasteiger partial charge on any atom is -0.396 e. The van der Waals surface area contributed by atoms with Crippen molar-refractivity contribution < 1.29 is 39.0 Å². The van der Waals surface area contributed by atoms with Crippen molar-refractivity contribution in [3.8, 4) is 0 Å². The fourth-order valence-electron chi connectivity index (χ4n) is 2.31. The summed E-state index contributed by atoms with van der Waals surface area (Å²) in [5.74, 6) is 9.36. The summed E-state index contributed by atoms with van der Waals surface area (Å²) >= 11 is 0. The fourth-order valence-corrected chi connectivity index (χ4v) is 2.31. The van der Waals surface area contributed by atoms with Crippen LogP contribution in [-0.2, 0) is 28.6 Å². The molecule has 0 aromatic heterocycles. The van der Waals surface area contributed by atoms with Crippen LogP contribution in [0.1, 0.15) is 25.7 Å². The van der Waals surface area contributed by atoms with E-state index in [9.17, 15) is 0 Å². The lowest BCUT2D eigenvalue weighted by Gasteiger charge is -2.33. The van der Waals surface area contributed by atoms with Crippen LogP contribution in [0.3, 0.4) is 0 Å². The van der Waals surface area contributed by atoms with Crippen LogP contribution in [0, 0.1) is 27.1 Å². The van der Waals surface area contributed by atoms with Crippen LogP contribution in [0.2, 0.25) is 0 Å². The van der Waals surface area contributed by atoms with E-state index >= 15 is 0 Å². The number of nitrogens with two attached hydrogens (primary N) is 2. The zero-order valence-electron chi connectivity index (χ0n) is 18.5. The van der Waals surface area contributed by atoms with Crippen molar-refractivity contribution in [1.29, 1.82) is 21.6 Å². The molecule has 0 bridgehead atoms. The van der Waals surface area contributed by atoms with Gasteiger partial charge in [0, 0.05) is 25.7 Å². The smallest absolute Gasteiger partial charge is 0.208 e. The number of rotatable bonds is 20. The Bertz CT molecular complexity index is 494. The first-order valence-corrected chi connectivity index (χ1v) is 9.96. The highest BCUT2D eigenvalue weighted by atomic mass is 16.6. The van der Waals surface area contributed by atoms with E-state index < -0.39 is 5.41 Å². The molecule has 33 heavy (non-hydrogen) atoms. The molecule has 0 aliphatic carbocycles. The highest BCUT2D eigenvalue weighted by molar-refractivity contribution is 5.78. The summed E-state index contributed by atoms with van der Waals surface area (Å²) in [6.45, 7) is 0.925. The molecule has 0 amide bonds. The first-order chi connectivity index (χ1) is 15.8. The van der Waals surface area contributed by atoms with Gasteiger partial charge < -0.3 is 28.6 Å². The zero-order chi connectivity index (χ0) is 25.0. The van der Waals surface area contributed by atoms with E-state index in [1.807, 2.05) is 0 Å². The van der Waals surface area contributed by atoms with Crippen LogP contribution in [0.4, 0.5) is 0 Å². The Morgan fingerprint density at radius 1 is 0.606 bits per heavy atom. The van der Waals surface area contributed by atoms with E-state index in [1.165, 1.54) is 0 Å². The third-order valence-electron chi connectivity index (χ3n) is 4.13. The first-order valence-electron chi connectivity index (χ1n) is 9.96. The molecule has 0 aliphatic heterocycles. The summed E-state index contributed by atoms with van der Waals surface area (Å²) in [6.07, 6.45) is 0.590. The quantitative estimate of drug-likeness (QED) is 0.0446. The number of hydrogen-bond acceptors (Lipinski definition) is 14. The van der Waals surface area contributed by atoms with E-state index in [0.717, 1.165) is 0 Å². The molecular formula is C17H36N8O8. The van der Waals surface area contributed by atoms with E-state index in [1.54, 1.807) is 11.0 Å². The predicted octanol–water partition coefficient (Wildman–Crippen LogP) is -0.753. The Morgan fingerprint density at radius 2 is 0.909 bits per heavy atom. The Balaban J connectivity index is 5.09. The highest BCUT2D eigenvalue weighted by Crippen LogP contribution is 2.21. The molecule has 16 heteroatoms. The lowest BCUT2D eigenvalue weighted by molar-refractivity contribution is -0.104. The van der Waals surface area contributed by atoms with E-state index in [0.29, 0.717) is 0 Å². The lowest BCUT2D eigenvalue weighted by Crippen LogP contribution is -2.42. The number of ether oxygens (including phenoxy) is 4. The number of nitrogens with one attached hydrogen (secondary N) is 6. The third-order valence-corrected chi connectivity index (χ3v) is 4.13. The monoisotopic (exact) mass is 480 g/mol. The minimum atomic E-state index is -0.832. The molecule has 192 valence electrons. The molecule has 0 spiro atoms. The minimum absolute atomic E-state index is 0.0943. The van der Waals surface area contributed by atoms with Gasteiger partial charge in [-0.1, -0.05) is 0 Å². The summed E-state index contributed by atoms with van der Waals surface area (Å²) in [5, 5.41) is 47.1. The molecule has 0 rings (SSSR count). The van der Waals surface area contributed by atoms with Gasteiger partial charge in [0.15, 0.2) is 0 Å². The summed E-state index contributed by atoms with van der Waals surface area (Å²) in [5.41, 5.74) is 2.64. The molecule has 16 nitrogen and oxygen atoms in total. The summed E-state index contributed by atoms with van der Waals surface area (Å²) in [7, 11) is 0. The van der Waals surface area contributed by atoms with Gasteiger partial charge in [-0.05, 0) is 0 Å². The Kier molecular flexibility index (Phi) is 17.7. The van der Waals surface area contributed by atoms with Crippen molar-refractivity contribution in [3.05, 3.63) is 0 Å². The average molecular weight is 481 g/mol. The van der Waals surface area contributed by atoms with Gasteiger partial charge >= 0.3 is 0 Å².